The fourth-order valence-electron chi connectivity index (χ4n) is 7.51. The molecule has 0 atom stereocenters. The summed E-state index contributed by atoms with van der Waals surface area (Å²) >= 11 is 0. The van der Waals surface area contributed by atoms with Crippen LogP contribution >= 0.6 is 0 Å². The van der Waals surface area contributed by atoms with Crippen molar-refractivity contribution in [2.45, 2.75) is 0 Å². The van der Waals surface area contributed by atoms with Gasteiger partial charge >= 0.3 is 18.9 Å². The van der Waals surface area contributed by atoms with Gasteiger partial charge in [-0.2, -0.15) is 0 Å². The van der Waals surface area contributed by atoms with Crippen molar-refractivity contribution in [1.82, 2.24) is 39.9 Å². The van der Waals surface area contributed by atoms with Gasteiger partial charge in [0.05, 0.1) is 78.8 Å². The van der Waals surface area contributed by atoms with E-state index in [1.165, 1.54) is 56.9 Å². The zero-order valence-corrected chi connectivity index (χ0v) is 32.6. The molecule has 7 aromatic rings. The number of aromatic amines is 2. The Morgan fingerprint density at radius 1 is 0.351 bits per heavy atom. The molecule has 9 rings (SSSR count). The van der Waals surface area contributed by atoms with E-state index in [-0.39, 0.29) is 53.4 Å². The number of hydrogen-bond donors (Lipinski definition) is 2. The van der Waals surface area contributed by atoms with E-state index >= 15 is 0 Å². The van der Waals surface area contributed by atoms with Crippen molar-refractivity contribution in [2.75, 3.05) is 56.9 Å². The summed E-state index contributed by atoms with van der Waals surface area (Å²) in [6.45, 7) is 0. The number of ether oxygens (including phenoxy) is 8. The molecule has 3 aromatic heterocycles. The van der Waals surface area contributed by atoms with Gasteiger partial charge in [0.1, 0.15) is 22.6 Å². The average molecular weight is 762 g/mol. The van der Waals surface area contributed by atoms with E-state index in [1.807, 2.05) is 48.5 Å². The molecule has 0 saturated heterocycles. The number of hydrogen-bond acceptors (Lipinski definition) is 14. The fraction of sp³-hybridized carbons (Fsp3) is 0.200. The van der Waals surface area contributed by atoms with Gasteiger partial charge in [0.25, 0.3) is 0 Å². The average Bonchev–Trinajstić information content (AvgIpc) is 3.97. The third-order valence-electron chi connectivity index (χ3n) is 9.81. The first-order chi connectivity index (χ1) is 27.4. The number of nitrogens with one attached hydrogen (secondary N) is 2. The van der Waals surface area contributed by atoms with Crippen LogP contribution in [0, 0.1) is 0 Å². The van der Waals surface area contributed by atoms with Gasteiger partial charge in [0, 0.05) is 21.9 Å². The quantitative estimate of drug-likeness (QED) is 0.212. The first-order valence-electron chi connectivity index (χ1n) is 17.2. The molecule has 0 saturated carbocycles. The predicted molar refractivity (Wildman–Crippen MR) is 208 cm³/mol. The van der Waals surface area contributed by atoms with Crippen LogP contribution in [0.15, 0.2) is 48.5 Å². The van der Waals surface area contributed by atoms with Gasteiger partial charge in [-0.05, 0) is 0 Å². The minimum atomic E-state index is 0. The van der Waals surface area contributed by atoms with Gasteiger partial charge in [-0.15, -0.1) is 0 Å². The molecule has 16 nitrogen and oxygen atoms in total. The van der Waals surface area contributed by atoms with Crippen molar-refractivity contribution in [3.05, 3.63) is 48.5 Å². The second kappa shape index (κ2) is 14.4. The van der Waals surface area contributed by atoms with Crippen molar-refractivity contribution in [3.8, 4) is 91.5 Å². The van der Waals surface area contributed by atoms with Crippen LogP contribution < -0.4 is 56.8 Å². The zero-order valence-electron chi connectivity index (χ0n) is 32.6. The van der Waals surface area contributed by atoms with Gasteiger partial charge in [0.2, 0.25) is 23.0 Å². The van der Waals surface area contributed by atoms with E-state index in [1.54, 1.807) is 0 Å². The second-order valence-corrected chi connectivity index (χ2v) is 12.5. The number of benzene rings is 4. The summed E-state index contributed by atoms with van der Waals surface area (Å²) in [5.74, 6) is 3.67. The summed E-state index contributed by atoms with van der Waals surface area (Å²) in [5, 5.41) is 2.57. The van der Waals surface area contributed by atoms with Gasteiger partial charge in [0.15, 0.2) is 46.3 Å². The van der Waals surface area contributed by atoms with Crippen LogP contribution in [0.1, 0.15) is 0 Å². The second-order valence-electron chi connectivity index (χ2n) is 12.5. The molecule has 4 aromatic carbocycles. The van der Waals surface area contributed by atoms with Crippen LogP contribution in [0.5, 0.6) is 46.0 Å². The first kappa shape index (κ1) is 37.2. The van der Waals surface area contributed by atoms with Gasteiger partial charge in [-0.25, -0.2) is 29.9 Å². The maximum absolute atomic E-state index is 6.03. The van der Waals surface area contributed by atoms with Crippen molar-refractivity contribution in [1.29, 1.82) is 0 Å². The topological polar surface area (TPSA) is 183 Å². The molecule has 2 N–H and O–H groups in total. The third-order valence-corrected chi connectivity index (χ3v) is 9.81. The third kappa shape index (κ3) is 5.35. The minimum absolute atomic E-state index is 0. The van der Waals surface area contributed by atoms with Crippen LogP contribution in [0.3, 0.4) is 0 Å². The number of methoxy groups -OCH3 is 8. The van der Waals surface area contributed by atoms with E-state index in [9.17, 15) is 0 Å². The van der Waals surface area contributed by atoms with E-state index in [2.05, 4.69) is 9.97 Å². The van der Waals surface area contributed by atoms with Crippen molar-refractivity contribution in [2.24, 2.45) is 0 Å². The van der Waals surface area contributed by atoms with E-state index < -0.39 is 0 Å². The van der Waals surface area contributed by atoms with E-state index in [0.29, 0.717) is 79.2 Å². The van der Waals surface area contributed by atoms with Gasteiger partial charge in [-0.3, -0.25) is 0 Å². The maximum atomic E-state index is 6.03. The van der Waals surface area contributed by atoms with Crippen LogP contribution in [-0.4, -0.2) is 96.8 Å². The molecule has 17 heteroatoms. The molecule has 5 heterocycles. The standard InChI is InChI=1S/C40H34N8O8.Li/c1-49-25-21-23(27(51-3)31(55-7)29(25)53-5)39-46-37(21)44-35-19-15-11-9-13-17(19)33(42-35)41-34-18-14-10-12-16-20(18)36(43-34)45-38-22-24(40(47-38)48-39)28(52-4)32(56-8)30(54-6)26(22)50-2;/h9-16H,1-8H3,(H2,41,42,43,44,45,46,47,48);/q;+1. The maximum Gasteiger partial charge on any atom is 1.00 e. The Bertz CT molecular complexity index is 2950. The van der Waals surface area contributed by atoms with Crippen LogP contribution in [0.4, 0.5) is 0 Å². The largest absolute Gasteiger partial charge is 1.00 e. The fourth-order valence-corrected chi connectivity index (χ4v) is 7.51. The summed E-state index contributed by atoms with van der Waals surface area (Å²) in [7, 11) is 12.2. The molecule has 0 radical (unpaired) electrons. The summed E-state index contributed by atoms with van der Waals surface area (Å²) in [6, 6.07) is 15.6. The molecule has 0 amide bonds. The van der Waals surface area contributed by atoms with Crippen molar-refractivity contribution < 1.29 is 56.8 Å². The SMILES string of the molecule is COc1c(OC)c(OC)c2c(c1OC)-c1nc-2nc2[nH]c(nc3nc(nc4[nH]c(n1)c1ccccc41)-c1ccccc1-3)c1c(OC)c(OC)c(OC)c(OC)c21.[Li+]. The molecule has 0 fully saturated rings. The summed E-state index contributed by atoms with van der Waals surface area (Å²) < 4.78 is 47.5. The van der Waals surface area contributed by atoms with Gasteiger partial charge < -0.3 is 47.9 Å². The molecular formula is C40H34LiN8O8+. The Labute approximate surface area is 336 Å². The number of rotatable bonds is 8. The van der Waals surface area contributed by atoms with Crippen molar-refractivity contribution in [3.63, 3.8) is 0 Å². The minimum Gasteiger partial charge on any atom is -0.492 e. The Balaban J connectivity index is 0.00000455. The summed E-state index contributed by atoms with van der Waals surface area (Å²) in [5.41, 5.74) is 4.13. The smallest absolute Gasteiger partial charge is 0.492 e. The van der Waals surface area contributed by atoms with E-state index in [0.717, 1.165) is 21.9 Å². The first-order valence-corrected chi connectivity index (χ1v) is 17.2. The summed E-state index contributed by atoms with van der Waals surface area (Å²) in [4.78, 5) is 37.4. The molecule has 0 unspecified atom stereocenters. The monoisotopic (exact) mass is 761 g/mol. The van der Waals surface area contributed by atoms with Crippen LogP contribution in [-0.2, 0) is 0 Å². The molecular weight excluding hydrogens is 727 g/mol. The Hall–Kier alpha value is -6.76. The normalized spacial score (nSPS) is 11.4. The predicted octanol–water partition coefficient (Wildman–Crippen LogP) is 3.94. The van der Waals surface area contributed by atoms with Crippen LogP contribution in [0.2, 0.25) is 0 Å². The van der Waals surface area contributed by atoms with E-state index in [4.69, 9.17) is 67.8 Å². The number of fused-ring (bicyclic) bond motifs is 20. The molecule has 282 valence electrons. The molecule has 0 spiro atoms. The molecule has 8 bridgehead atoms. The molecule has 57 heavy (non-hydrogen) atoms. The van der Waals surface area contributed by atoms with Gasteiger partial charge in [-0.1, -0.05) is 48.5 Å². The number of H-pyrrole nitrogens is 2. The zero-order chi connectivity index (χ0) is 38.8. The Kier molecular flexibility index (Phi) is 9.38. The molecule has 0 aliphatic carbocycles. The Morgan fingerprint density at radius 3 is 1.09 bits per heavy atom. The van der Waals surface area contributed by atoms with Crippen molar-refractivity contribution >= 4 is 44.1 Å². The molecule has 2 aliphatic rings. The summed E-state index contributed by atoms with van der Waals surface area (Å²) in [6.07, 6.45) is 0. The molecule has 2 aliphatic heterocycles. The Morgan fingerprint density at radius 2 is 0.667 bits per heavy atom. The number of nitrogens with zero attached hydrogens (tertiary/aromatic N) is 6. The number of aromatic nitrogens is 8. The van der Waals surface area contributed by atoms with Crippen LogP contribution in [0.25, 0.3) is 89.7 Å².